The highest BCUT2D eigenvalue weighted by Gasteiger charge is 2.16. The molecule has 0 atom stereocenters. The van der Waals surface area contributed by atoms with Gasteiger partial charge in [-0.15, -0.1) is 0 Å². The largest absolute Gasteiger partial charge is 0.323 e. The molecule has 3 aromatic rings. The van der Waals surface area contributed by atoms with Crippen LogP contribution in [0.4, 0.5) is 0 Å². The summed E-state index contributed by atoms with van der Waals surface area (Å²) in [5.41, 5.74) is 4.38. The lowest BCUT2D eigenvalue weighted by Crippen LogP contribution is -2.03. The molecule has 0 bridgehead atoms. The first-order chi connectivity index (χ1) is 9.11. The van der Waals surface area contributed by atoms with Crippen molar-refractivity contribution in [2.24, 2.45) is 7.05 Å². The van der Waals surface area contributed by atoms with Gasteiger partial charge in [-0.05, 0) is 37.6 Å². The molecule has 19 heavy (non-hydrogen) atoms. The van der Waals surface area contributed by atoms with Crippen molar-refractivity contribution in [3.05, 3.63) is 34.4 Å². The quantitative estimate of drug-likeness (QED) is 0.724. The smallest absolute Gasteiger partial charge is 0.159 e. The lowest BCUT2D eigenvalue weighted by molar-refractivity contribution is 0.743. The van der Waals surface area contributed by atoms with Gasteiger partial charge in [-0.25, -0.2) is 4.98 Å². The topological polar surface area (TPSA) is 35.6 Å². The maximum absolute atomic E-state index is 4.77. The molecule has 0 aliphatic carbocycles. The number of benzene rings is 1. The van der Waals surface area contributed by atoms with Crippen LogP contribution in [-0.2, 0) is 13.6 Å². The van der Waals surface area contributed by atoms with E-state index in [9.17, 15) is 0 Å². The van der Waals surface area contributed by atoms with E-state index in [2.05, 4.69) is 45.5 Å². The summed E-state index contributed by atoms with van der Waals surface area (Å²) in [4.78, 5) is 4.77. The number of halogens is 1. The Labute approximate surface area is 120 Å². The molecule has 0 unspecified atom stereocenters. The highest BCUT2D eigenvalue weighted by Crippen LogP contribution is 2.28. The fraction of sp³-hybridized carbons (Fsp3) is 0.286. The number of nitrogens with zero attached hydrogens (tertiary/aromatic N) is 4. The standard InChI is InChI=1S/C14H15BrN4/c1-4-19-12-7-10(15)5-6-11(12)17-14(19)13-9(2)8-16-18(13)3/h5-8H,4H2,1-3H3. The van der Waals surface area contributed by atoms with Gasteiger partial charge in [-0.2, -0.15) is 5.10 Å². The molecule has 0 fully saturated rings. The molecule has 0 aliphatic rings. The van der Waals surface area contributed by atoms with E-state index >= 15 is 0 Å². The molecular formula is C14H15BrN4. The summed E-state index contributed by atoms with van der Waals surface area (Å²) in [5, 5.41) is 4.31. The van der Waals surface area contributed by atoms with Crippen LogP contribution >= 0.6 is 15.9 Å². The molecule has 4 nitrogen and oxygen atoms in total. The van der Waals surface area contributed by atoms with Crippen LogP contribution in [0.3, 0.4) is 0 Å². The molecule has 1 aromatic carbocycles. The maximum Gasteiger partial charge on any atom is 0.159 e. The van der Waals surface area contributed by atoms with Crippen LogP contribution in [0.25, 0.3) is 22.6 Å². The molecule has 0 saturated heterocycles. The molecule has 2 aromatic heterocycles. The number of imidazole rings is 1. The normalized spacial score (nSPS) is 11.4. The van der Waals surface area contributed by atoms with Gasteiger partial charge in [-0.3, -0.25) is 4.68 Å². The van der Waals surface area contributed by atoms with Crippen LogP contribution in [0.15, 0.2) is 28.9 Å². The maximum atomic E-state index is 4.77. The predicted molar refractivity (Wildman–Crippen MR) is 80.0 cm³/mol. The second-order valence-electron chi connectivity index (χ2n) is 4.61. The third kappa shape index (κ3) is 1.89. The summed E-state index contributed by atoms with van der Waals surface area (Å²) in [6.07, 6.45) is 1.88. The Kier molecular flexibility index (Phi) is 2.93. The van der Waals surface area contributed by atoms with Gasteiger partial charge in [-0.1, -0.05) is 15.9 Å². The number of fused-ring (bicyclic) bond motifs is 1. The van der Waals surface area contributed by atoms with Gasteiger partial charge in [0, 0.05) is 18.1 Å². The third-order valence-electron chi connectivity index (χ3n) is 3.36. The molecule has 5 heteroatoms. The zero-order valence-corrected chi connectivity index (χ0v) is 12.8. The number of hydrogen-bond acceptors (Lipinski definition) is 2. The van der Waals surface area contributed by atoms with Gasteiger partial charge in [0.1, 0.15) is 5.69 Å². The van der Waals surface area contributed by atoms with Crippen molar-refractivity contribution in [1.29, 1.82) is 0 Å². The van der Waals surface area contributed by atoms with E-state index in [-0.39, 0.29) is 0 Å². The van der Waals surface area contributed by atoms with Crippen molar-refractivity contribution in [1.82, 2.24) is 19.3 Å². The SMILES string of the molecule is CCn1c(-c2c(C)cnn2C)nc2ccc(Br)cc21. The minimum absolute atomic E-state index is 0.882. The zero-order valence-electron chi connectivity index (χ0n) is 11.2. The number of hydrogen-bond donors (Lipinski definition) is 0. The van der Waals surface area contributed by atoms with Gasteiger partial charge in [0.05, 0.1) is 17.2 Å². The Hall–Kier alpha value is -1.62. The summed E-state index contributed by atoms with van der Waals surface area (Å²) in [6, 6.07) is 6.18. The fourth-order valence-electron chi connectivity index (χ4n) is 2.47. The summed E-state index contributed by atoms with van der Waals surface area (Å²) >= 11 is 3.52. The van der Waals surface area contributed by atoms with Crippen LogP contribution < -0.4 is 0 Å². The lowest BCUT2D eigenvalue weighted by atomic mass is 10.2. The van der Waals surface area contributed by atoms with Gasteiger partial charge in [0.2, 0.25) is 0 Å². The summed E-state index contributed by atoms with van der Waals surface area (Å²) < 4.78 is 5.19. The molecule has 2 heterocycles. The molecular weight excluding hydrogens is 304 g/mol. The minimum Gasteiger partial charge on any atom is -0.323 e. The number of rotatable bonds is 2. The van der Waals surface area contributed by atoms with Gasteiger partial charge >= 0.3 is 0 Å². The van der Waals surface area contributed by atoms with Crippen molar-refractivity contribution in [3.63, 3.8) is 0 Å². The average Bonchev–Trinajstić information content (AvgIpc) is 2.89. The first kappa shape index (κ1) is 12.4. The second kappa shape index (κ2) is 4.49. The molecule has 98 valence electrons. The third-order valence-corrected chi connectivity index (χ3v) is 3.85. The van der Waals surface area contributed by atoms with E-state index in [0.717, 1.165) is 39.1 Å². The Morgan fingerprint density at radius 1 is 1.32 bits per heavy atom. The Balaban J connectivity index is 2.36. The van der Waals surface area contributed by atoms with Gasteiger partial charge in [0.25, 0.3) is 0 Å². The molecule has 0 amide bonds. The summed E-state index contributed by atoms with van der Waals surface area (Å²) in [7, 11) is 1.96. The van der Waals surface area contributed by atoms with Crippen molar-refractivity contribution in [2.75, 3.05) is 0 Å². The average molecular weight is 319 g/mol. The van der Waals surface area contributed by atoms with Crippen molar-refractivity contribution in [2.45, 2.75) is 20.4 Å². The molecule has 0 saturated carbocycles. The summed E-state index contributed by atoms with van der Waals surface area (Å²) in [6.45, 7) is 5.09. The van der Waals surface area contributed by atoms with Gasteiger partial charge in [0.15, 0.2) is 5.82 Å². The number of aryl methyl sites for hydroxylation is 3. The Bertz CT molecular complexity index is 735. The van der Waals surface area contributed by atoms with Crippen molar-refractivity contribution in [3.8, 4) is 11.5 Å². The fourth-order valence-corrected chi connectivity index (χ4v) is 2.81. The van der Waals surface area contributed by atoms with Crippen LogP contribution in [-0.4, -0.2) is 19.3 Å². The first-order valence-corrected chi connectivity index (χ1v) is 7.06. The Morgan fingerprint density at radius 3 is 2.74 bits per heavy atom. The monoisotopic (exact) mass is 318 g/mol. The summed E-state index contributed by atoms with van der Waals surface area (Å²) in [5.74, 6) is 0.980. The number of aromatic nitrogens is 4. The first-order valence-electron chi connectivity index (χ1n) is 6.26. The van der Waals surface area contributed by atoms with E-state index in [4.69, 9.17) is 4.98 Å². The second-order valence-corrected chi connectivity index (χ2v) is 5.53. The van der Waals surface area contributed by atoms with E-state index < -0.39 is 0 Å². The molecule has 3 rings (SSSR count). The molecule has 0 radical (unpaired) electrons. The molecule has 0 aliphatic heterocycles. The van der Waals surface area contributed by atoms with Crippen LogP contribution in [0.2, 0.25) is 0 Å². The highest BCUT2D eigenvalue weighted by atomic mass is 79.9. The van der Waals surface area contributed by atoms with Crippen molar-refractivity contribution >= 4 is 27.0 Å². The Morgan fingerprint density at radius 2 is 2.11 bits per heavy atom. The molecule has 0 N–H and O–H groups in total. The van der Waals surface area contributed by atoms with Crippen LogP contribution in [0.1, 0.15) is 12.5 Å². The van der Waals surface area contributed by atoms with Gasteiger partial charge < -0.3 is 4.57 Å². The van der Waals surface area contributed by atoms with Crippen LogP contribution in [0.5, 0.6) is 0 Å². The van der Waals surface area contributed by atoms with E-state index in [1.807, 2.05) is 30.1 Å². The highest BCUT2D eigenvalue weighted by molar-refractivity contribution is 9.10. The van der Waals surface area contributed by atoms with Crippen molar-refractivity contribution < 1.29 is 0 Å². The predicted octanol–water partition coefficient (Wildman–Crippen LogP) is 3.53. The molecule has 0 spiro atoms. The lowest BCUT2D eigenvalue weighted by Gasteiger charge is -2.07. The van der Waals surface area contributed by atoms with E-state index in [0.29, 0.717) is 0 Å². The zero-order chi connectivity index (χ0) is 13.6. The van der Waals surface area contributed by atoms with Crippen LogP contribution in [0, 0.1) is 6.92 Å². The van der Waals surface area contributed by atoms with E-state index in [1.165, 1.54) is 0 Å². The minimum atomic E-state index is 0.882. The van der Waals surface area contributed by atoms with E-state index in [1.54, 1.807) is 0 Å².